The molecule has 1 aliphatic rings. The highest BCUT2D eigenvalue weighted by molar-refractivity contribution is 14.0. The van der Waals surface area contributed by atoms with E-state index in [9.17, 15) is 0 Å². The number of hydrogen-bond donors (Lipinski definition) is 2. The fourth-order valence-electron chi connectivity index (χ4n) is 3.48. The minimum atomic E-state index is 0. The minimum Gasteiger partial charge on any atom is -0.382 e. The van der Waals surface area contributed by atoms with Crippen molar-refractivity contribution in [3.63, 3.8) is 0 Å². The summed E-state index contributed by atoms with van der Waals surface area (Å²) in [6.45, 7) is 9.50. The fraction of sp³-hybridized carbons (Fsp3) is 0.682. The molecule has 1 fully saturated rings. The van der Waals surface area contributed by atoms with E-state index in [1.165, 1.54) is 37.1 Å². The van der Waals surface area contributed by atoms with Gasteiger partial charge < -0.3 is 20.1 Å². The number of methoxy groups -OCH3 is 1. The first kappa shape index (κ1) is 26.1. The summed E-state index contributed by atoms with van der Waals surface area (Å²) < 4.78 is 10.4. The van der Waals surface area contributed by atoms with Gasteiger partial charge in [0.15, 0.2) is 5.96 Å². The summed E-state index contributed by atoms with van der Waals surface area (Å²) in [5.74, 6) is 1.65. The summed E-state index contributed by atoms with van der Waals surface area (Å²) in [6.07, 6.45) is 3.64. The van der Waals surface area contributed by atoms with E-state index in [0.717, 1.165) is 44.5 Å². The Kier molecular flexibility index (Phi) is 14.3. The Morgan fingerprint density at radius 3 is 2.59 bits per heavy atom. The Morgan fingerprint density at radius 1 is 1.14 bits per heavy atom. The van der Waals surface area contributed by atoms with Gasteiger partial charge in [-0.2, -0.15) is 0 Å². The first-order valence-corrected chi connectivity index (χ1v) is 10.5. The molecule has 1 aromatic carbocycles. The van der Waals surface area contributed by atoms with E-state index in [4.69, 9.17) is 9.47 Å². The largest absolute Gasteiger partial charge is 0.382 e. The van der Waals surface area contributed by atoms with E-state index < -0.39 is 0 Å². The molecule has 166 valence electrons. The number of guanidine groups is 1. The Hall–Kier alpha value is -0.900. The monoisotopic (exact) mass is 518 g/mol. The minimum absolute atomic E-state index is 0. The van der Waals surface area contributed by atoms with Crippen molar-refractivity contribution >= 4 is 29.9 Å². The molecular formula is C22H39IN4O2. The van der Waals surface area contributed by atoms with Crippen LogP contribution in [0.4, 0.5) is 0 Å². The molecule has 1 saturated heterocycles. The van der Waals surface area contributed by atoms with Gasteiger partial charge in [-0.3, -0.25) is 9.89 Å². The zero-order chi connectivity index (χ0) is 20.0. The highest BCUT2D eigenvalue weighted by Gasteiger charge is 2.16. The molecule has 7 heteroatoms. The van der Waals surface area contributed by atoms with Crippen molar-refractivity contribution in [3.05, 3.63) is 35.4 Å². The second-order valence-corrected chi connectivity index (χ2v) is 7.61. The average Bonchev–Trinajstić information content (AvgIpc) is 2.71. The lowest BCUT2D eigenvalue weighted by molar-refractivity contribution is 0.0698. The first-order chi connectivity index (χ1) is 13.7. The van der Waals surface area contributed by atoms with Crippen LogP contribution in [0.15, 0.2) is 29.3 Å². The summed E-state index contributed by atoms with van der Waals surface area (Å²) in [7, 11) is 3.48. The molecule has 0 radical (unpaired) electrons. The first-order valence-electron chi connectivity index (χ1n) is 10.5. The molecule has 1 aromatic rings. The maximum atomic E-state index is 5.46. The van der Waals surface area contributed by atoms with E-state index >= 15 is 0 Å². The highest BCUT2D eigenvalue weighted by Crippen LogP contribution is 2.18. The lowest BCUT2D eigenvalue weighted by Gasteiger charge is -2.30. The third-order valence-corrected chi connectivity index (χ3v) is 5.04. The van der Waals surface area contributed by atoms with E-state index in [1.807, 2.05) is 0 Å². The van der Waals surface area contributed by atoms with Crippen molar-refractivity contribution in [1.82, 2.24) is 15.5 Å². The van der Waals surface area contributed by atoms with E-state index in [2.05, 4.69) is 51.7 Å². The topological polar surface area (TPSA) is 58.1 Å². The molecule has 2 rings (SSSR count). The standard InChI is InChI=1S/C22H38N4O2.HI/c1-19-6-4-12-26(17-19)18-21-9-7-20(8-10-21)16-25-22(23-2)24-11-5-13-28-15-14-27-3;/h7-10,19H,4-6,11-18H2,1-3H3,(H2,23,24,25);1H. The van der Waals surface area contributed by atoms with Crippen molar-refractivity contribution in [2.45, 2.75) is 39.3 Å². The van der Waals surface area contributed by atoms with Crippen molar-refractivity contribution in [3.8, 4) is 0 Å². The van der Waals surface area contributed by atoms with Gasteiger partial charge in [-0.15, -0.1) is 24.0 Å². The van der Waals surface area contributed by atoms with E-state index in [-0.39, 0.29) is 24.0 Å². The molecule has 1 unspecified atom stereocenters. The Bertz CT molecular complexity index is 568. The van der Waals surface area contributed by atoms with Crippen LogP contribution in [-0.4, -0.2) is 64.5 Å². The van der Waals surface area contributed by atoms with Gasteiger partial charge in [-0.25, -0.2) is 0 Å². The number of nitrogens with zero attached hydrogens (tertiary/aromatic N) is 2. The lowest BCUT2D eigenvalue weighted by atomic mass is 9.99. The molecule has 0 saturated carbocycles. The van der Waals surface area contributed by atoms with Crippen LogP contribution in [0.5, 0.6) is 0 Å². The molecule has 1 heterocycles. The average molecular weight is 518 g/mol. The molecule has 0 spiro atoms. The molecule has 6 nitrogen and oxygen atoms in total. The predicted molar refractivity (Wildman–Crippen MR) is 131 cm³/mol. The Balaban J connectivity index is 0.00000420. The van der Waals surface area contributed by atoms with Gasteiger partial charge in [-0.1, -0.05) is 31.2 Å². The molecule has 0 aliphatic carbocycles. The van der Waals surface area contributed by atoms with Gasteiger partial charge in [0.05, 0.1) is 13.2 Å². The zero-order valence-corrected chi connectivity index (χ0v) is 20.6. The molecule has 2 N–H and O–H groups in total. The second-order valence-electron chi connectivity index (χ2n) is 7.61. The quantitative estimate of drug-likeness (QED) is 0.204. The normalized spacial score (nSPS) is 17.6. The molecule has 0 amide bonds. The zero-order valence-electron chi connectivity index (χ0n) is 18.3. The summed E-state index contributed by atoms with van der Waals surface area (Å²) >= 11 is 0. The van der Waals surface area contributed by atoms with Crippen LogP contribution in [0.3, 0.4) is 0 Å². The SMILES string of the molecule is CN=C(NCCCOCCOC)NCc1ccc(CN2CCCC(C)C2)cc1.I. The van der Waals surface area contributed by atoms with Crippen molar-refractivity contribution in [1.29, 1.82) is 0 Å². The lowest BCUT2D eigenvalue weighted by Crippen LogP contribution is -2.37. The van der Waals surface area contributed by atoms with E-state index in [0.29, 0.717) is 13.2 Å². The van der Waals surface area contributed by atoms with Crippen LogP contribution in [-0.2, 0) is 22.6 Å². The summed E-state index contributed by atoms with van der Waals surface area (Å²) in [5, 5.41) is 6.69. The van der Waals surface area contributed by atoms with Crippen molar-refractivity contribution in [2.24, 2.45) is 10.9 Å². The fourth-order valence-corrected chi connectivity index (χ4v) is 3.48. The molecule has 1 atom stereocenters. The summed E-state index contributed by atoms with van der Waals surface area (Å²) in [6, 6.07) is 8.94. The highest BCUT2D eigenvalue weighted by atomic mass is 127. The van der Waals surface area contributed by atoms with Gasteiger partial charge in [-0.05, 0) is 42.9 Å². The van der Waals surface area contributed by atoms with Crippen LogP contribution >= 0.6 is 24.0 Å². The maximum Gasteiger partial charge on any atom is 0.191 e. The van der Waals surface area contributed by atoms with E-state index in [1.54, 1.807) is 14.2 Å². The van der Waals surface area contributed by atoms with Crippen LogP contribution in [0, 0.1) is 5.92 Å². The maximum absolute atomic E-state index is 5.46. The van der Waals surface area contributed by atoms with Crippen molar-refractivity contribution in [2.75, 3.05) is 53.6 Å². The number of rotatable bonds is 11. The van der Waals surface area contributed by atoms with Gasteiger partial charge in [0.1, 0.15) is 0 Å². The molecule has 0 aromatic heterocycles. The van der Waals surface area contributed by atoms with Crippen LogP contribution in [0.1, 0.15) is 37.3 Å². The number of ether oxygens (including phenoxy) is 2. The third kappa shape index (κ3) is 11.2. The smallest absolute Gasteiger partial charge is 0.191 e. The third-order valence-electron chi connectivity index (χ3n) is 5.04. The van der Waals surface area contributed by atoms with Gasteiger partial charge in [0.25, 0.3) is 0 Å². The Morgan fingerprint density at radius 2 is 1.90 bits per heavy atom. The number of piperidine rings is 1. The molecule has 1 aliphatic heterocycles. The number of hydrogen-bond acceptors (Lipinski definition) is 4. The molecule has 29 heavy (non-hydrogen) atoms. The van der Waals surface area contributed by atoms with Gasteiger partial charge >= 0.3 is 0 Å². The second kappa shape index (κ2) is 15.9. The van der Waals surface area contributed by atoms with Gasteiger partial charge in [0, 0.05) is 46.9 Å². The Labute approximate surface area is 193 Å². The number of nitrogens with one attached hydrogen (secondary N) is 2. The summed E-state index contributed by atoms with van der Waals surface area (Å²) in [5.41, 5.74) is 2.66. The molecular weight excluding hydrogens is 479 g/mol. The van der Waals surface area contributed by atoms with Crippen molar-refractivity contribution < 1.29 is 9.47 Å². The molecule has 0 bridgehead atoms. The predicted octanol–water partition coefficient (Wildman–Crippen LogP) is 3.25. The number of halogens is 1. The number of aliphatic imine (C=N–C) groups is 1. The van der Waals surface area contributed by atoms with Gasteiger partial charge in [0.2, 0.25) is 0 Å². The van der Waals surface area contributed by atoms with Crippen LogP contribution in [0.25, 0.3) is 0 Å². The summed E-state index contributed by atoms with van der Waals surface area (Å²) in [4.78, 5) is 6.85. The van der Waals surface area contributed by atoms with Crippen LogP contribution in [0.2, 0.25) is 0 Å². The van der Waals surface area contributed by atoms with Crippen LogP contribution < -0.4 is 10.6 Å². The number of benzene rings is 1. The number of likely N-dealkylation sites (tertiary alicyclic amines) is 1.